The van der Waals surface area contributed by atoms with E-state index in [-0.39, 0.29) is 23.6 Å². The summed E-state index contributed by atoms with van der Waals surface area (Å²) in [6, 6.07) is 3.68. The lowest BCUT2D eigenvalue weighted by Crippen LogP contribution is -2.38. The van der Waals surface area contributed by atoms with E-state index in [2.05, 4.69) is 4.72 Å². The molecule has 1 aromatic carbocycles. The Bertz CT molecular complexity index is 725. The van der Waals surface area contributed by atoms with Crippen molar-refractivity contribution in [1.82, 2.24) is 9.62 Å². The number of benzene rings is 1. The second kappa shape index (κ2) is 6.80. The Morgan fingerprint density at radius 1 is 1.25 bits per heavy atom. The van der Waals surface area contributed by atoms with Gasteiger partial charge in [0.1, 0.15) is 10.7 Å². The SMILES string of the molecule is CCN(C(=O)c1ccc(F)c(S(=O)(=O)NC2CC2)c1)C1CCCC1. The number of amides is 1. The molecule has 2 fully saturated rings. The van der Waals surface area contributed by atoms with Crippen LogP contribution >= 0.6 is 0 Å². The van der Waals surface area contributed by atoms with Gasteiger partial charge in [0.25, 0.3) is 5.91 Å². The van der Waals surface area contributed by atoms with E-state index in [9.17, 15) is 17.6 Å². The Labute approximate surface area is 142 Å². The van der Waals surface area contributed by atoms with Crippen LogP contribution < -0.4 is 4.72 Å². The van der Waals surface area contributed by atoms with Crippen molar-refractivity contribution in [2.24, 2.45) is 0 Å². The maximum atomic E-state index is 14.0. The van der Waals surface area contributed by atoms with Crippen LogP contribution in [0.2, 0.25) is 0 Å². The van der Waals surface area contributed by atoms with Gasteiger partial charge in [-0.05, 0) is 50.8 Å². The summed E-state index contributed by atoms with van der Waals surface area (Å²) in [6.07, 6.45) is 5.67. The average Bonchev–Trinajstić information content (AvgIpc) is 3.18. The van der Waals surface area contributed by atoms with Crippen LogP contribution in [-0.2, 0) is 10.0 Å². The molecule has 132 valence electrons. The first kappa shape index (κ1) is 17.4. The van der Waals surface area contributed by atoms with E-state index < -0.39 is 20.7 Å². The number of halogens is 1. The van der Waals surface area contributed by atoms with E-state index in [1.807, 2.05) is 6.92 Å². The zero-order chi connectivity index (χ0) is 17.3. The van der Waals surface area contributed by atoms with Crippen molar-refractivity contribution in [3.05, 3.63) is 29.6 Å². The van der Waals surface area contributed by atoms with Crippen LogP contribution in [0.25, 0.3) is 0 Å². The number of nitrogens with one attached hydrogen (secondary N) is 1. The van der Waals surface area contributed by atoms with E-state index in [0.29, 0.717) is 6.54 Å². The lowest BCUT2D eigenvalue weighted by atomic mass is 10.1. The predicted octanol–water partition coefficient (Wildman–Crippen LogP) is 2.67. The summed E-state index contributed by atoms with van der Waals surface area (Å²) < 4.78 is 41.1. The molecule has 7 heteroatoms. The molecular formula is C17H23FN2O3S. The Morgan fingerprint density at radius 2 is 1.92 bits per heavy atom. The minimum absolute atomic E-state index is 0.112. The number of carbonyl (C=O) groups excluding carboxylic acids is 1. The number of hydrogen-bond acceptors (Lipinski definition) is 3. The third-order valence-corrected chi connectivity index (χ3v) is 6.27. The van der Waals surface area contributed by atoms with Gasteiger partial charge in [0.2, 0.25) is 10.0 Å². The van der Waals surface area contributed by atoms with Crippen LogP contribution in [0.3, 0.4) is 0 Å². The van der Waals surface area contributed by atoms with Gasteiger partial charge in [-0.1, -0.05) is 12.8 Å². The number of rotatable bonds is 6. The molecule has 0 spiro atoms. The summed E-state index contributed by atoms with van der Waals surface area (Å²) in [6.45, 7) is 2.47. The van der Waals surface area contributed by atoms with Gasteiger partial charge < -0.3 is 4.90 Å². The van der Waals surface area contributed by atoms with E-state index in [4.69, 9.17) is 0 Å². The van der Waals surface area contributed by atoms with E-state index >= 15 is 0 Å². The maximum Gasteiger partial charge on any atom is 0.254 e. The third kappa shape index (κ3) is 3.62. The van der Waals surface area contributed by atoms with Crippen LogP contribution in [0.4, 0.5) is 4.39 Å². The summed E-state index contributed by atoms with van der Waals surface area (Å²) in [5, 5.41) is 0. The highest BCUT2D eigenvalue weighted by atomic mass is 32.2. The summed E-state index contributed by atoms with van der Waals surface area (Å²) >= 11 is 0. The minimum atomic E-state index is -3.93. The molecule has 1 N–H and O–H groups in total. The van der Waals surface area contributed by atoms with E-state index in [0.717, 1.165) is 44.6 Å². The second-order valence-corrected chi connectivity index (χ2v) is 8.25. The Kier molecular flexibility index (Phi) is 4.92. The number of hydrogen-bond donors (Lipinski definition) is 1. The summed E-state index contributed by atoms with van der Waals surface area (Å²) in [7, 11) is -3.93. The van der Waals surface area contributed by atoms with Gasteiger partial charge in [-0.3, -0.25) is 4.79 Å². The zero-order valence-corrected chi connectivity index (χ0v) is 14.6. The lowest BCUT2D eigenvalue weighted by Gasteiger charge is -2.28. The molecule has 0 radical (unpaired) electrons. The van der Waals surface area contributed by atoms with Crippen molar-refractivity contribution in [3.8, 4) is 0 Å². The standard InChI is InChI=1S/C17H23FN2O3S/c1-2-20(14-5-3-4-6-14)17(21)12-7-10-15(18)16(11-12)24(22,23)19-13-8-9-13/h7,10-11,13-14,19H,2-6,8-9H2,1H3. The maximum absolute atomic E-state index is 14.0. The van der Waals surface area contributed by atoms with Crippen molar-refractivity contribution < 1.29 is 17.6 Å². The molecule has 5 nitrogen and oxygen atoms in total. The van der Waals surface area contributed by atoms with Crippen molar-refractivity contribution in [3.63, 3.8) is 0 Å². The van der Waals surface area contributed by atoms with Crippen molar-refractivity contribution >= 4 is 15.9 Å². The Hall–Kier alpha value is -1.47. The fourth-order valence-corrected chi connectivity index (χ4v) is 4.68. The summed E-state index contributed by atoms with van der Waals surface area (Å²) in [5.41, 5.74) is 0.223. The van der Waals surface area contributed by atoms with Crippen LogP contribution in [0, 0.1) is 5.82 Å². The highest BCUT2D eigenvalue weighted by molar-refractivity contribution is 7.89. The number of nitrogens with zero attached hydrogens (tertiary/aromatic N) is 1. The van der Waals surface area contributed by atoms with Gasteiger partial charge in [-0.25, -0.2) is 17.5 Å². The molecular weight excluding hydrogens is 331 g/mol. The summed E-state index contributed by atoms with van der Waals surface area (Å²) in [4.78, 5) is 14.1. The molecule has 24 heavy (non-hydrogen) atoms. The van der Waals surface area contributed by atoms with Crippen LogP contribution in [0.5, 0.6) is 0 Å². The first-order chi connectivity index (χ1) is 11.4. The topological polar surface area (TPSA) is 66.5 Å². The molecule has 2 aliphatic rings. The smallest absolute Gasteiger partial charge is 0.254 e. The molecule has 1 aromatic rings. The Balaban J connectivity index is 1.87. The van der Waals surface area contributed by atoms with Crippen LogP contribution in [0.1, 0.15) is 55.8 Å². The molecule has 0 unspecified atom stereocenters. The third-order valence-electron chi connectivity index (χ3n) is 4.73. The second-order valence-electron chi connectivity index (χ2n) is 6.57. The largest absolute Gasteiger partial charge is 0.336 e. The van der Waals surface area contributed by atoms with Crippen LogP contribution in [0.15, 0.2) is 23.1 Å². The van der Waals surface area contributed by atoms with E-state index in [1.54, 1.807) is 4.90 Å². The fourth-order valence-electron chi connectivity index (χ4n) is 3.28. The van der Waals surface area contributed by atoms with Gasteiger partial charge in [0.05, 0.1) is 0 Å². The van der Waals surface area contributed by atoms with Gasteiger partial charge >= 0.3 is 0 Å². The van der Waals surface area contributed by atoms with Crippen molar-refractivity contribution in [1.29, 1.82) is 0 Å². The quantitative estimate of drug-likeness (QED) is 0.854. The average molecular weight is 354 g/mol. The van der Waals surface area contributed by atoms with Gasteiger partial charge in [-0.15, -0.1) is 0 Å². The highest BCUT2D eigenvalue weighted by Crippen LogP contribution is 2.27. The van der Waals surface area contributed by atoms with Gasteiger partial charge in [-0.2, -0.15) is 0 Å². The fraction of sp³-hybridized carbons (Fsp3) is 0.588. The molecule has 0 aliphatic heterocycles. The molecule has 0 bridgehead atoms. The van der Waals surface area contributed by atoms with Crippen LogP contribution in [-0.4, -0.2) is 37.9 Å². The monoisotopic (exact) mass is 354 g/mol. The summed E-state index contributed by atoms with van der Waals surface area (Å²) in [5.74, 6) is -1.06. The minimum Gasteiger partial charge on any atom is -0.336 e. The Morgan fingerprint density at radius 3 is 2.50 bits per heavy atom. The molecule has 2 aliphatic carbocycles. The molecule has 0 atom stereocenters. The molecule has 0 heterocycles. The predicted molar refractivity (Wildman–Crippen MR) is 88.7 cm³/mol. The first-order valence-corrected chi connectivity index (χ1v) is 10.0. The number of sulfonamides is 1. The molecule has 0 saturated heterocycles. The van der Waals surface area contributed by atoms with Gasteiger partial charge in [0, 0.05) is 24.2 Å². The lowest BCUT2D eigenvalue weighted by molar-refractivity contribution is 0.0693. The molecule has 1 amide bonds. The first-order valence-electron chi connectivity index (χ1n) is 8.55. The van der Waals surface area contributed by atoms with Crippen molar-refractivity contribution in [2.45, 2.75) is 62.4 Å². The molecule has 3 rings (SSSR count). The van der Waals surface area contributed by atoms with Gasteiger partial charge in [0.15, 0.2) is 0 Å². The molecule has 2 saturated carbocycles. The molecule has 0 aromatic heterocycles. The number of carbonyl (C=O) groups is 1. The van der Waals surface area contributed by atoms with E-state index in [1.165, 1.54) is 12.1 Å². The normalized spacial score (nSPS) is 18.8. The van der Waals surface area contributed by atoms with Crippen molar-refractivity contribution in [2.75, 3.05) is 6.54 Å². The highest BCUT2D eigenvalue weighted by Gasteiger charge is 2.31. The zero-order valence-electron chi connectivity index (χ0n) is 13.8.